The van der Waals surface area contributed by atoms with Gasteiger partial charge < -0.3 is 10.1 Å². The molecule has 7 heteroatoms. The molecule has 2 aromatic heterocycles. The molecule has 21 heavy (non-hydrogen) atoms. The van der Waals surface area contributed by atoms with Crippen molar-refractivity contribution in [1.82, 2.24) is 14.8 Å². The number of pyridine rings is 1. The maximum absolute atomic E-state index is 12.4. The van der Waals surface area contributed by atoms with Gasteiger partial charge >= 0.3 is 0 Å². The predicted octanol–water partition coefficient (Wildman–Crippen LogP) is 3.25. The van der Waals surface area contributed by atoms with E-state index in [1.807, 2.05) is 0 Å². The smallest absolute Gasteiger partial charge is 0.235 e. The molecule has 1 aromatic carbocycles. The Balaban J connectivity index is 2.44. The van der Waals surface area contributed by atoms with E-state index in [4.69, 9.17) is 23.2 Å². The zero-order valence-electron chi connectivity index (χ0n) is 11.2. The molecule has 0 amide bonds. The second-order valence-electron chi connectivity index (χ2n) is 4.73. The van der Waals surface area contributed by atoms with Gasteiger partial charge in [-0.05, 0) is 25.1 Å². The van der Waals surface area contributed by atoms with Crippen molar-refractivity contribution >= 4 is 34.2 Å². The fourth-order valence-corrected chi connectivity index (χ4v) is 2.75. The lowest BCUT2D eigenvalue weighted by molar-refractivity contribution is 0.471. The Bertz CT molecular complexity index is 928. The first-order valence-corrected chi connectivity index (χ1v) is 6.89. The molecule has 0 saturated heterocycles. The lowest BCUT2D eigenvalue weighted by Crippen LogP contribution is -2.06. The number of nitrogens with zero attached hydrogens (tertiary/aromatic N) is 2. The van der Waals surface area contributed by atoms with Gasteiger partial charge in [0.25, 0.3) is 0 Å². The summed E-state index contributed by atoms with van der Waals surface area (Å²) >= 11 is 12.1. The molecule has 0 spiro atoms. The number of aryl methyl sites for hydroxylation is 2. The molecule has 0 radical (unpaired) electrons. The van der Waals surface area contributed by atoms with Gasteiger partial charge in [-0.3, -0.25) is 9.48 Å². The normalized spacial score (nSPS) is 11.2. The van der Waals surface area contributed by atoms with Crippen molar-refractivity contribution in [2.24, 2.45) is 7.05 Å². The third kappa shape index (κ3) is 2.09. The summed E-state index contributed by atoms with van der Waals surface area (Å²) in [5, 5.41) is 15.6. The van der Waals surface area contributed by atoms with Gasteiger partial charge in [-0.1, -0.05) is 23.2 Å². The first-order chi connectivity index (χ1) is 9.90. The van der Waals surface area contributed by atoms with Crippen LogP contribution in [0.25, 0.3) is 22.3 Å². The lowest BCUT2D eigenvalue weighted by atomic mass is 10.1. The van der Waals surface area contributed by atoms with Gasteiger partial charge in [0.05, 0.1) is 21.8 Å². The zero-order chi connectivity index (χ0) is 15.3. The van der Waals surface area contributed by atoms with Crippen molar-refractivity contribution in [3.05, 3.63) is 44.2 Å². The number of H-pyrrole nitrogens is 1. The number of aromatic nitrogens is 3. The van der Waals surface area contributed by atoms with E-state index in [2.05, 4.69) is 10.1 Å². The van der Waals surface area contributed by atoms with Crippen LogP contribution in [0.5, 0.6) is 5.75 Å². The highest BCUT2D eigenvalue weighted by molar-refractivity contribution is 6.35. The van der Waals surface area contributed by atoms with Gasteiger partial charge in [-0.15, -0.1) is 0 Å². The summed E-state index contributed by atoms with van der Waals surface area (Å²) in [6, 6.07) is 4.83. The minimum Gasteiger partial charge on any atom is -0.503 e. The second kappa shape index (κ2) is 4.79. The molecule has 3 aromatic rings. The summed E-state index contributed by atoms with van der Waals surface area (Å²) < 4.78 is 1.55. The molecule has 5 nitrogen and oxygen atoms in total. The van der Waals surface area contributed by atoms with Gasteiger partial charge in [0.2, 0.25) is 5.43 Å². The molecule has 0 aliphatic carbocycles. The molecule has 0 aliphatic heterocycles. The van der Waals surface area contributed by atoms with Crippen LogP contribution in [-0.2, 0) is 7.05 Å². The predicted molar refractivity (Wildman–Crippen MR) is 83.2 cm³/mol. The van der Waals surface area contributed by atoms with Crippen LogP contribution in [0, 0.1) is 6.92 Å². The summed E-state index contributed by atoms with van der Waals surface area (Å²) in [7, 11) is 1.71. The highest BCUT2D eigenvalue weighted by Crippen LogP contribution is 2.34. The molecule has 0 fully saturated rings. The van der Waals surface area contributed by atoms with Gasteiger partial charge in [0.15, 0.2) is 5.75 Å². The van der Waals surface area contributed by atoms with Crippen LogP contribution in [0.15, 0.2) is 23.0 Å². The fraction of sp³-hybridized carbons (Fsp3) is 0.143. The maximum Gasteiger partial charge on any atom is 0.235 e. The Morgan fingerprint density at radius 2 is 2.05 bits per heavy atom. The van der Waals surface area contributed by atoms with E-state index in [1.165, 1.54) is 0 Å². The summed E-state index contributed by atoms with van der Waals surface area (Å²) in [4.78, 5) is 15.4. The average molecular weight is 324 g/mol. The van der Waals surface area contributed by atoms with Crippen LogP contribution in [0.3, 0.4) is 0 Å². The Morgan fingerprint density at radius 1 is 1.33 bits per heavy atom. The number of hydrogen-bond donors (Lipinski definition) is 2. The molecule has 108 valence electrons. The van der Waals surface area contributed by atoms with Crippen molar-refractivity contribution in [2.75, 3.05) is 0 Å². The molecule has 2 N–H and O–H groups in total. The average Bonchev–Trinajstić information content (AvgIpc) is 2.71. The standard InChI is InChI=1S/C14H11Cl2N3O2/c1-6-10-12(20)13(21)11(17-14(10)19(2)18-6)8-5-7(15)3-4-9(8)16/h3-5,21H,1-2H3,(H,17,20). The minimum atomic E-state index is -0.486. The highest BCUT2D eigenvalue weighted by Gasteiger charge is 2.19. The largest absolute Gasteiger partial charge is 0.503 e. The Labute approximate surface area is 129 Å². The van der Waals surface area contributed by atoms with Crippen LogP contribution < -0.4 is 5.43 Å². The van der Waals surface area contributed by atoms with Crippen LogP contribution >= 0.6 is 23.2 Å². The van der Waals surface area contributed by atoms with E-state index in [9.17, 15) is 9.90 Å². The number of fused-ring (bicyclic) bond motifs is 1. The van der Waals surface area contributed by atoms with Crippen molar-refractivity contribution in [1.29, 1.82) is 0 Å². The Hall–Kier alpha value is -1.98. The number of benzene rings is 1. The molecule has 0 unspecified atom stereocenters. The number of hydrogen-bond acceptors (Lipinski definition) is 3. The number of halogens is 2. The van der Waals surface area contributed by atoms with Crippen molar-refractivity contribution < 1.29 is 5.11 Å². The summed E-state index contributed by atoms with van der Waals surface area (Å²) in [6.45, 7) is 1.71. The Morgan fingerprint density at radius 3 is 2.76 bits per heavy atom. The molecule has 3 rings (SSSR count). The molecule has 2 heterocycles. The van der Waals surface area contributed by atoms with Crippen molar-refractivity contribution in [2.45, 2.75) is 6.92 Å². The van der Waals surface area contributed by atoms with Gasteiger partial charge in [0, 0.05) is 17.6 Å². The minimum absolute atomic E-state index is 0.225. The molecule has 0 aliphatic rings. The van der Waals surface area contributed by atoms with E-state index >= 15 is 0 Å². The molecule has 0 saturated carbocycles. The Kier molecular flexibility index (Phi) is 3.19. The van der Waals surface area contributed by atoms with Crippen LogP contribution in [0.2, 0.25) is 10.0 Å². The van der Waals surface area contributed by atoms with Crippen LogP contribution in [-0.4, -0.2) is 19.9 Å². The monoisotopic (exact) mass is 323 g/mol. The van der Waals surface area contributed by atoms with Crippen molar-refractivity contribution in [3.63, 3.8) is 0 Å². The maximum atomic E-state index is 12.4. The quantitative estimate of drug-likeness (QED) is 0.722. The second-order valence-corrected chi connectivity index (χ2v) is 5.58. The molecule has 0 atom stereocenters. The zero-order valence-corrected chi connectivity index (χ0v) is 12.7. The topological polar surface area (TPSA) is 70.9 Å². The molecular formula is C14H11Cl2N3O2. The van der Waals surface area contributed by atoms with Crippen LogP contribution in [0.4, 0.5) is 0 Å². The summed E-state index contributed by atoms with van der Waals surface area (Å²) in [6.07, 6.45) is 0. The third-order valence-electron chi connectivity index (χ3n) is 3.34. The molecular weight excluding hydrogens is 313 g/mol. The van der Waals surface area contributed by atoms with E-state index in [1.54, 1.807) is 36.9 Å². The molecule has 0 bridgehead atoms. The van der Waals surface area contributed by atoms with Crippen LogP contribution in [0.1, 0.15) is 5.69 Å². The number of aromatic hydroxyl groups is 1. The summed E-state index contributed by atoms with van der Waals surface area (Å²) in [5.41, 5.74) is 1.26. The SMILES string of the molecule is Cc1nn(C)c2[nH]c(-c3cc(Cl)ccc3Cl)c(O)c(=O)c12. The number of rotatable bonds is 1. The first kappa shape index (κ1) is 14.0. The number of nitrogens with one attached hydrogen (secondary N) is 1. The van der Waals surface area contributed by atoms with E-state index < -0.39 is 11.2 Å². The fourth-order valence-electron chi connectivity index (χ4n) is 2.37. The van der Waals surface area contributed by atoms with Gasteiger partial charge in [-0.2, -0.15) is 5.10 Å². The number of aromatic amines is 1. The van der Waals surface area contributed by atoms with Crippen molar-refractivity contribution in [3.8, 4) is 17.0 Å². The van der Waals surface area contributed by atoms with E-state index in [0.717, 1.165) is 0 Å². The van der Waals surface area contributed by atoms with E-state index in [-0.39, 0.29) is 5.69 Å². The van der Waals surface area contributed by atoms with Gasteiger partial charge in [0.1, 0.15) is 5.65 Å². The first-order valence-electron chi connectivity index (χ1n) is 6.14. The van der Waals surface area contributed by atoms with E-state index in [0.29, 0.717) is 32.3 Å². The lowest BCUT2D eigenvalue weighted by Gasteiger charge is -2.08. The van der Waals surface area contributed by atoms with Gasteiger partial charge in [-0.25, -0.2) is 0 Å². The third-order valence-corrected chi connectivity index (χ3v) is 3.91. The highest BCUT2D eigenvalue weighted by atomic mass is 35.5. The summed E-state index contributed by atoms with van der Waals surface area (Å²) in [5.74, 6) is -0.400.